The first-order chi connectivity index (χ1) is 11.1. The number of halogens is 1. The molecule has 2 heterocycles. The first-order valence-electron chi connectivity index (χ1n) is 8.12. The lowest BCUT2D eigenvalue weighted by Crippen LogP contribution is -2.43. The second-order valence-electron chi connectivity index (χ2n) is 6.28. The van der Waals surface area contributed by atoms with Gasteiger partial charge in [0.05, 0.1) is 5.02 Å². The number of sulfonamides is 1. The molecule has 2 aliphatic rings. The van der Waals surface area contributed by atoms with Crippen LogP contribution in [0.25, 0.3) is 0 Å². The van der Waals surface area contributed by atoms with Gasteiger partial charge in [-0.05, 0) is 56.2 Å². The van der Waals surface area contributed by atoms with Crippen molar-refractivity contribution >= 4 is 33.4 Å². The number of hydrogen-bond acceptors (Lipinski definition) is 4. The number of nitrogens with one attached hydrogen (secondary N) is 1. The van der Waals surface area contributed by atoms with Crippen LogP contribution in [0.2, 0.25) is 5.02 Å². The predicted octanol–water partition coefficient (Wildman–Crippen LogP) is 2.84. The Morgan fingerprint density at radius 3 is 2.61 bits per heavy atom. The van der Waals surface area contributed by atoms with Crippen LogP contribution in [0.3, 0.4) is 0 Å². The molecule has 128 valence electrons. The smallest absolute Gasteiger partial charge is 0.242 e. The van der Waals surface area contributed by atoms with E-state index in [4.69, 9.17) is 11.6 Å². The summed E-state index contributed by atoms with van der Waals surface area (Å²) >= 11 is 8.04. The molecule has 0 amide bonds. The van der Waals surface area contributed by atoms with Crippen LogP contribution >= 0.6 is 23.4 Å². The highest BCUT2D eigenvalue weighted by molar-refractivity contribution is 7.99. The van der Waals surface area contributed by atoms with Crippen molar-refractivity contribution in [2.75, 3.05) is 31.1 Å². The Labute approximate surface area is 148 Å². The van der Waals surface area contributed by atoms with E-state index in [1.165, 1.54) is 17.9 Å². The summed E-state index contributed by atoms with van der Waals surface area (Å²) in [5.41, 5.74) is 0. The molecule has 0 spiro atoms. The van der Waals surface area contributed by atoms with Crippen molar-refractivity contribution in [3.63, 3.8) is 0 Å². The number of benzene rings is 1. The molecule has 4 nitrogen and oxygen atoms in total. The molecule has 0 bridgehead atoms. The molecule has 0 saturated carbocycles. The van der Waals surface area contributed by atoms with Gasteiger partial charge in [-0.15, -0.1) is 0 Å². The fraction of sp³-hybridized carbons (Fsp3) is 0.625. The van der Waals surface area contributed by atoms with Gasteiger partial charge in [-0.3, -0.25) is 4.90 Å². The minimum Gasteiger partial charge on any atom is -0.300 e. The molecular weight excluding hydrogens is 352 g/mol. The van der Waals surface area contributed by atoms with Gasteiger partial charge in [0.1, 0.15) is 4.90 Å². The molecular formula is C16H23ClN2O2S2. The van der Waals surface area contributed by atoms with E-state index in [1.807, 2.05) is 11.8 Å². The van der Waals surface area contributed by atoms with Crippen LogP contribution < -0.4 is 4.72 Å². The molecule has 0 aromatic heterocycles. The number of hydrogen-bond donors (Lipinski definition) is 1. The normalized spacial score (nSPS) is 24.1. The second kappa shape index (κ2) is 7.74. The van der Waals surface area contributed by atoms with Gasteiger partial charge in [0.15, 0.2) is 0 Å². The first-order valence-corrected chi connectivity index (χ1v) is 11.1. The summed E-state index contributed by atoms with van der Waals surface area (Å²) in [5.74, 6) is 2.95. The van der Waals surface area contributed by atoms with E-state index in [2.05, 4.69) is 9.62 Å². The molecule has 1 N–H and O–H groups in total. The maximum absolute atomic E-state index is 12.4. The topological polar surface area (TPSA) is 49.4 Å². The molecule has 1 unspecified atom stereocenters. The highest BCUT2D eigenvalue weighted by Crippen LogP contribution is 2.27. The van der Waals surface area contributed by atoms with Gasteiger partial charge in [-0.1, -0.05) is 23.7 Å². The summed E-state index contributed by atoms with van der Waals surface area (Å²) in [6.45, 7) is 2.67. The van der Waals surface area contributed by atoms with E-state index in [0.717, 1.165) is 32.0 Å². The Hall–Kier alpha value is -0.270. The van der Waals surface area contributed by atoms with Crippen LogP contribution in [-0.4, -0.2) is 50.5 Å². The van der Waals surface area contributed by atoms with Gasteiger partial charge in [0.25, 0.3) is 0 Å². The standard InChI is InChI=1S/C16H23ClN2O2S2/c17-15-3-1-2-4-16(15)23(20,21)18-11-13-5-8-19(9-6-13)14-7-10-22-12-14/h1-4,13-14,18H,5-12H2. The van der Waals surface area contributed by atoms with Crippen molar-refractivity contribution in [2.24, 2.45) is 5.92 Å². The van der Waals surface area contributed by atoms with Gasteiger partial charge in [0.2, 0.25) is 10.0 Å². The monoisotopic (exact) mass is 374 g/mol. The maximum atomic E-state index is 12.4. The van der Waals surface area contributed by atoms with Crippen molar-refractivity contribution < 1.29 is 8.42 Å². The molecule has 0 radical (unpaired) electrons. The largest absolute Gasteiger partial charge is 0.300 e. The Bertz CT molecular complexity index is 625. The van der Waals surface area contributed by atoms with Gasteiger partial charge < -0.3 is 0 Å². The lowest BCUT2D eigenvalue weighted by atomic mass is 9.96. The SMILES string of the molecule is O=S(=O)(NCC1CCN(C2CCSC2)CC1)c1ccccc1Cl. The average molecular weight is 375 g/mol. The summed E-state index contributed by atoms with van der Waals surface area (Å²) in [6.07, 6.45) is 3.42. The summed E-state index contributed by atoms with van der Waals surface area (Å²) in [7, 11) is -3.52. The third-order valence-corrected chi connectivity index (χ3v) is 7.83. The number of thioether (sulfide) groups is 1. The van der Waals surface area contributed by atoms with Gasteiger partial charge in [-0.25, -0.2) is 13.1 Å². The number of piperidine rings is 1. The zero-order valence-corrected chi connectivity index (χ0v) is 15.5. The zero-order valence-electron chi connectivity index (χ0n) is 13.1. The van der Waals surface area contributed by atoms with E-state index >= 15 is 0 Å². The molecule has 2 aliphatic heterocycles. The fourth-order valence-corrected chi connectivity index (χ4v) is 6.19. The van der Waals surface area contributed by atoms with Crippen LogP contribution in [0, 0.1) is 5.92 Å². The summed E-state index contributed by atoms with van der Waals surface area (Å²) in [6, 6.07) is 7.32. The predicted molar refractivity (Wildman–Crippen MR) is 96.7 cm³/mol. The Balaban J connectivity index is 1.50. The van der Waals surface area contributed by atoms with E-state index in [0.29, 0.717) is 12.5 Å². The molecule has 0 aliphatic carbocycles. The third-order valence-electron chi connectivity index (χ3n) is 4.76. The summed E-state index contributed by atoms with van der Waals surface area (Å²) in [4.78, 5) is 2.75. The third kappa shape index (κ3) is 4.42. The van der Waals surface area contributed by atoms with Crippen molar-refractivity contribution in [2.45, 2.75) is 30.2 Å². The molecule has 3 rings (SSSR count). The van der Waals surface area contributed by atoms with E-state index in [-0.39, 0.29) is 9.92 Å². The number of nitrogens with zero attached hydrogens (tertiary/aromatic N) is 1. The molecule has 7 heteroatoms. The van der Waals surface area contributed by atoms with Crippen LogP contribution in [0.5, 0.6) is 0 Å². The lowest BCUT2D eigenvalue weighted by molar-refractivity contribution is 0.145. The fourth-order valence-electron chi connectivity index (χ4n) is 3.30. The lowest BCUT2D eigenvalue weighted by Gasteiger charge is -2.35. The number of likely N-dealkylation sites (tertiary alicyclic amines) is 1. The molecule has 1 aromatic carbocycles. The average Bonchev–Trinajstić information content (AvgIpc) is 3.08. The molecule has 2 saturated heterocycles. The second-order valence-corrected chi connectivity index (χ2v) is 9.57. The highest BCUT2D eigenvalue weighted by atomic mass is 35.5. The Kier molecular flexibility index (Phi) is 5.91. The van der Waals surface area contributed by atoms with Crippen LogP contribution in [0.1, 0.15) is 19.3 Å². The zero-order chi connectivity index (χ0) is 16.3. The molecule has 1 aromatic rings. The Morgan fingerprint density at radius 2 is 1.96 bits per heavy atom. The minimum absolute atomic E-state index is 0.169. The van der Waals surface area contributed by atoms with Crippen LogP contribution in [0.4, 0.5) is 0 Å². The van der Waals surface area contributed by atoms with E-state index in [1.54, 1.807) is 24.3 Å². The minimum atomic E-state index is -3.52. The van der Waals surface area contributed by atoms with E-state index in [9.17, 15) is 8.42 Å². The van der Waals surface area contributed by atoms with Crippen LogP contribution in [0.15, 0.2) is 29.2 Å². The molecule has 2 fully saturated rings. The first kappa shape index (κ1) is 17.5. The van der Waals surface area contributed by atoms with Crippen molar-refractivity contribution in [3.05, 3.63) is 29.3 Å². The number of rotatable bonds is 5. The van der Waals surface area contributed by atoms with Crippen LogP contribution in [-0.2, 0) is 10.0 Å². The highest BCUT2D eigenvalue weighted by Gasteiger charge is 2.28. The van der Waals surface area contributed by atoms with Gasteiger partial charge in [0, 0.05) is 18.3 Å². The van der Waals surface area contributed by atoms with Crippen molar-refractivity contribution in [1.82, 2.24) is 9.62 Å². The quantitative estimate of drug-likeness (QED) is 0.860. The summed E-state index contributed by atoms with van der Waals surface area (Å²) in [5, 5.41) is 0.272. The molecule has 23 heavy (non-hydrogen) atoms. The van der Waals surface area contributed by atoms with Crippen molar-refractivity contribution in [1.29, 1.82) is 0 Å². The maximum Gasteiger partial charge on any atom is 0.242 e. The molecule has 1 atom stereocenters. The van der Waals surface area contributed by atoms with Crippen molar-refractivity contribution in [3.8, 4) is 0 Å². The van der Waals surface area contributed by atoms with E-state index < -0.39 is 10.0 Å². The Morgan fingerprint density at radius 1 is 1.22 bits per heavy atom. The summed E-state index contributed by atoms with van der Waals surface area (Å²) < 4.78 is 27.5. The van der Waals surface area contributed by atoms with Gasteiger partial charge in [-0.2, -0.15) is 11.8 Å². The van der Waals surface area contributed by atoms with Gasteiger partial charge >= 0.3 is 0 Å².